The lowest BCUT2D eigenvalue weighted by Crippen LogP contribution is -2.48. The molecule has 7 rings (SSSR count). The molecule has 4 saturated carbocycles. The van der Waals surface area contributed by atoms with Crippen molar-refractivity contribution < 1.29 is 8.78 Å². The number of hydrogen-bond donors (Lipinski definition) is 0. The van der Waals surface area contributed by atoms with Gasteiger partial charge < -0.3 is 0 Å². The lowest BCUT2D eigenvalue weighted by atomic mass is 9.49. The summed E-state index contributed by atoms with van der Waals surface area (Å²) in [5.74, 6) is 1.78. The number of halogens is 3. The number of fused-ring (bicyclic) bond motifs is 1. The molecule has 0 atom stereocenters. The highest BCUT2D eigenvalue weighted by atomic mass is 35.5. The number of hydrogen-bond acceptors (Lipinski definition) is 2. The molecule has 142 valence electrons. The molecule has 0 unspecified atom stereocenters. The van der Waals surface area contributed by atoms with E-state index in [0.29, 0.717) is 11.3 Å². The van der Waals surface area contributed by atoms with Crippen LogP contribution in [0.15, 0.2) is 29.8 Å². The summed E-state index contributed by atoms with van der Waals surface area (Å²) in [4.78, 5) is 5.85. The minimum absolute atomic E-state index is 0. The Morgan fingerprint density at radius 1 is 1.04 bits per heavy atom. The average molecular weight is 407 g/mol. The number of nitrogens with zero attached hydrogens (tertiary/aromatic N) is 2. The van der Waals surface area contributed by atoms with Gasteiger partial charge in [-0.1, -0.05) is 0 Å². The molecule has 4 fully saturated rings. The normalized spacial score (nSPS) is 31.4. The Morgan fingerprint density at radius 3 is 2.37 bits per heavy atom. The summed E-state index contributed by atoms with van der Waals surface area (Å²) < 4.78 is 29.9. The van der Waals surface area contributed by atoms with Crippen LogP contribution in [0.1, 0.15) is 44.2 Å². The van der Waals surface area contributed by atoms with Crippen molar-refractivity contribution in [1.82, 2.24) is 9.38 Å². The van der Waals surface area contributed by atoms with E-state index >= 15 is 0 Å². The highest BCUT2D eigenvalue weighted by Gasteiger charge is 2.52. The van der Waals surface area contributed by atoms with E-state index in [1.807, 2.05) is 9.78 Å². The maximum absolute atomic E-state index is 14.3. The summed E-state index contributed by atoms with van der Waals surface area (Å²) >= 11 is 1.51. The minimum atomic E-state index is -0.415. The first kappa shape index (κ1) is 17.6. The first-order valence-corrected chi connectivity index (χ1v) is 10.4. The third kappa shape index (κ3) is 2.58. The van der Waals surface area contributed by atoms with Crippen LogP contribution in [0.25, 0.3) is 16.2 Å². The molecule has 3 aromatic rings. The Hall–Kier alpha value is -1.46. The molecule has 0 N–H and O–H groups in total. The number of rotatable bonds is 2. The predicted octanol–water partition coefficient (Wildman–Crippen LogP) is 6.23. The fraction of sp³-hybridized carbons (Fsp3) is 0.476. The van der Waals surface area contributed by atoms with E-state index in [1.54, 1.807) is 0 Å². The minimum Gasteiger partial charge on any atom is -0.290 e. The van der Waals surface area contributed by atoms with Gasteiger partial charge in [-0.3, -0.25) is 4.40 Å². The van der Waals surface area contributed by atoms with Gasteiger partial charge in [0.2, 0.25) is 0 Å². The van der Waals surface area contributed by atoms with Crippen LogP contribution in [0.2, 0.25) is 0 Å². The fourth-order valence-electron chi connectivity index (χ4n) is 6.35. The second-order valence-corrected chi connectivity index (χ2v) is 9.56. The molecule has 0 aliphatic heterocycles. The van der Waals surface area contributed by atoms with Crippen molar-refractivity contribution in [3.63, 3.8) is 0 Å². The number of aromatic nitrogens is 2. The third-order valence-corrected chi connectivity index (χ3v) is 7.83. The molecule has 2 aromatic heterocycles. The molecule has 4 aliphatic rings. The molecule has 0 spiro atoms. The zero-order valence-electron chi connectivity index (χ0n) is 14.8. The Bertz CT molecular complexity index is 989. The Kier molecular flexibility index (Phi) is 3.93. The third-order valence-electron chi connectivity index (χ3n) is 7.00. The van der Waals surface area contributed by atoms with Gasteiger partial charge in [0.15, 0.2) is 4.96 Å². The number of imidazole rings is 1. The summed E-state index contributed by atoms with van der Waals surface area (Å²) in [6.07, 6.45) is 10.1. The molecule has 1 aromatic carbocycles. The van der Waals surface area contributed by atoms with Crippen LogP contribution in [-0.2, 0) is 5.41 Å². The molecule has 4 bridgehead atoms. The van der Waals surface area contributed by atoms with Gasteiger partial charge in [0, 0.05) is 22.6 Å². The highest BCUT2D eigenvalue weighted by Crippen LogP contribution is 2.60. The lowest BCUT2D eigenvalue weighted by Gasteiger charge is -2.56. The van der Waals surface area contributed by atoms with Gasteiger partial charge >= 0.3 is 0 Å². The summed E-state index contributed by atoms with van der Waals surface area (Å²) in [6, 6.07) is 3.64. The zero-order valence-corrected chi connectivity index (χ0v) is 16.5. The predicted molar refractivity (Wildman–Crippen MR) is 106 cm³/mol. The lowest BCUT2D eigenvalue weighted by molar-refractivity contribution is -0.00696. The summed E-state index contributed by atoms with van der Waals surface area (Å²) in [6.45, 7) is 0. The van der Waals surface area contributed by atoms with E-state index in [2.05, 4.69) is 6.20 Å². The van der Waals surface area contributed by atoms with E-state index in [1.165, 1.54) is 67.7 Å². The second-order valence-electron chi connectivity index (χ2n) is 8.72. The van der Waals surface area contributed by atoms with Crippen molar-refractivity contribution in [2.24, 2.45) is 17.8 Å². The van der Waals surface area contributed by atoms with Crippen LogP contribution >= 0.6 is 23.7 Å². The first-order chi connectivity index (χ1) is 12.6. The van der Waals surface area contributed by atoms with Crippen molar-refractivity contribution >= 4 is 28.7 Å². The monoisotopic (exact) mass is 406 g/mol. The molecule has 27 heavy (non-hydrogen) atoms. The van der Waals surface area contributed by atoms with Gasteiger partial charge in [0.05, 0.1) is 11.4 Å². The molecule has 0 amide bonds. The van der Waals surface area contributed by atoms with Gasteiger partial charge in [-0.2, -0.15) is 0 Å². The van der Waals surface area contributed by atoms with E-state index in [4.69, 9.17) is 4.98 Å². The van der Waals surface area contributed by atoms with Gasteiger partial charge in [0.1, 0.15) is 11.6 Å². The smallest absolute Gasteiger partial charge is 0.194 e. The van der Waals surface area contributed by atoms with Crippen LogP contribution in [0.3, 0.4) is 0 Å². The summed E-state index contributed by atoms with van der Waals surface area (Å²) in [5, 5.41) is 1.88. The fourth-order valence-corrected chi connectivity index (χ4v) is 7.22. The van der Waals surface area contributed by atoms with Crippen LogP contribution in [-0.4, -0.2) is 9.38 Å². The quantitative estimate of drug-likeness (QED) is 0.493. The topological polar surface area (TPSA) is 17.3 Å². The van der Waals surface area contributed by atoms with Crippen molar-refractivity contribution in [1.29, 1.82) is 0 Å². The van der Waals surface area contributed by atoms with Crippen molar-refractivity contribution in [3.8, 4) is 11.3 Å². The average Bonchev–Trinajstić information content (AvgIpc) is 3.17. The van der Waals surface area contributed by atoms with Gasteiger partial charge in [-0.15, -0.1) is 23.7 Å². The van der Waals surface area contributed by atoms with E-state index in [0.717, 1.165) is 28.8 Å². The Balaban J connectivity index is 0.00000160. The van der Waals surface area contributed by atoms with Crippen LogP contribution in [0.5, 0.6) is 0 Å². The summed E-state index contributed by atoms with van der Waals surface area (Å²) in [5.41, 5.74) is 2.41. The van der Waals surface area contributed by atoms with E-state index in [-0.39, 0.29) is 17.8 Å². The molecule has 6 heteroatoms. The molecule has 4 aliphatic carbocycles. The molecular weight excluding hydrogens is 386 g/mol. The van der Waals surface area contributed by atoms with E-state index < -0.39 is 11.6 Å². The molecular formula is C21H21ClF2N2S. The number of thiazole rings is 1. The summed E-state index contributed by atoms with van der Waals surface area (Å²) in [7, 11) is 0. The van der Waals surface area contributed by atoms with Crippen LogP contribution in [0.4, 0.5) is 8.78 Å². The van der Waals surface area contributed by atoms with Crippen LogP contribution in [0, 0.1) is 29.4 Å². The molecule has 2 heterocycles. The van der Waals surface area contributed by atoms with Crippen molar-refractivity contribution in [2.45, 2.75) is 43.9 Å². The molecule has 0 saturated heterocycles. The maximum Gasteiger partial charge on any atom is 0.194 e. The van der Waals surface area contributed by atoms with Crippen LogP contribution < -0.4 is 0 Å². The SMILES string of the molecule is Cl.Fc1ccc(F)c(-c2csc3nc(C45CC6CC(CC(C6)C4)C5)cn23)c1. The molecule has 0 radical (unpaired) electrons. The van der Waals surface area contributed by atoms with E-state index in [9.17, 15) is 8.78 Å². The Morgan fingerprint density at radius 2 is 1.70 bits per heavy atom. The standard InChI is InChI=1S/C21H20F2N2S.ClH/c22-15-1-2-17(23)16(6-15)18-11-26-20-24-19(10-25(18)20)21-7-12-3-13(8-21)5-14(4-12)9-21;/h1-2,6,10-14H,3-5,7-9H2;1H. The highest BCUT2D eigenvalue weighted by molar-refractivity contribution is 7.15. The number of benzene rings is 1. The van der Waals surface area contributed by atoms with Crippen molar-refractivity contribution in [2.75, 3.05) is 0 Å². The largest absolute Gasteiger partial charge is 0.290 e. The van der Waals surface area contributed by atoms with Crippen molar-refractivity contribution in [3.05, 3.63) is 47.1 Å². The zero-order chi connectivity index (χ0) is 17.5. The maximum atomic E-state index is 14.3. The second kappa shape index (κ2) is 6.02. The van der Waals surface area contributed by atoms with Gasteiger partial charge in [-0.05, 0) is 74.5 Å². The van der Waals surface area contributed by atoms with Gasteiger partial charge in [0.25, 0.3) is 0 Å². The Labute approximate surface area is 167 Å². The molecule has 2 nitrogen and oxygen atoms in total. The van der Waals surface area contributed by atoms with Gasteiger partial charge in [-0.25, -0.2) is 13.8 Å². The first-order valence-electron chi connectivity index (χ1n) is 9.52.